The number of hydrogen-bond donors (Lipinski definition) is 0. The summed E-state index contributed by atoms with van der Waals surface area (Å²) in [5, 5.41) is 10.7. The van der Waals surface area contributed by atoms with E-state index in [1.165, 1.54) is 12.8 Å². The van der Waals surface area contributed by atoms with Crippen LogP contribution >= 0.6 is 0 Å². The van der Waals surface area contributed by atoms with Crippen LogP contribution in [0, 0.1) is 17.8 Å². The van der Waals surface area contributed by atoms with Crippen LogP contribution in [0.15, 0.2) is 23.8 Å². The second-order valence-corrected chi connectivity index (χ2v) is 4.28. The van der Waals surface area contributed by atoms with Gasteiger partial charge in [-0.15, -0.1) is 0 Å². The zero-order valence-electron chi connectivity index (χ0n) is 11.0. The van der Waals surface area contributed by atoms with Gasteiger partial charge in [0, 0.05) is 0 Å². The van der Waals surface area contributed by atoms with Gasteiger partial charge in [-0.2, -0.15) is 0 Å². The monoisotopic (exact) mass is 261 g/mol. The van der Waals surface area contributed by atoms with Crippen LogP contribution in [0.4, 0.5) is 0 Å². The number of carbonyl (C=O) groups excluding carboxylic acids is 2. The Kier molecular flexibility index (Phi) is 6.45. The van der Waals surface area contributed by atoms with E-state index in [2.05, 4.69) is 22.7 Å². The normalized spacial score (nSPS) is 16.2. The van der Waals surface area contributed by atoms with Crippen molar-refractivity contribution in [2.24, 2.45) is 5.92 Å². The number of esters is 1. The lowest BCUT2D eigenvalue weighted by molar-refractivity contribution is -0.310. The van der Waals surface area contributed by atoms with Crippen molar-refractivity contribution in [1.82, 2.24) is 0 Å². The van der Waals surface area contributed by atoms with E-state index < -0.39 is 17.9 Å². The molecule has 1 atom stereocenters. The van der Waals surface area contributed by atoms with E-state index >= 15 is 0 Å². The van der Waals surface area contributed by atoms with Crippen molar-refractivity contribution in [3.05, 3.63) is 23.8 Å². The molecule has 1 aliphatic rings. The van der Waals surface area contributed by atoms with Crippen molar-refractivity contribution in [2.45, 2.75) is 32.1 Å². The Bertz CT molecular complexity index is 449. The Labute approximate surface area is 113 Å². The van der Waals surface area contributed by atoms with Crippen molar-refractivity contribution in [3.8, 4) is 11.8 Å². The number of rotatable bonds is 4. The maximum atomic E-state index is 11.1. The average molecular weight is 261 g/mol. The number of carboxylic acid groups (broad SMARTS) is 1. The molecule has 0 heterocycles. The van der Waals surface area contributed by atoms with Gasteiger partial charge >= 0.3 is 5.97 Å². The van der Waals surface area contributed by atoms with Crippen LogP contribution < -0.4 is 5.11 Å². The fourth-order valence-corrected chi connectivity index (χ4v) is 1.78. The third kappa shape index (κ3) is 5.43. The van der Waals surface area contributed by atoms with Crippen LogP contribution in [-0.2, 0) is 14.3 Å². The van der Waals surface area contributed by atoms with E-state index in [-0.39, 0.29) is 6.42 Å². The molecule has 0 saturated carbocycles. The van der Waals surface area contributed by atoms with Crippen molar-refractivity contribution in [2.75, 3.05) is 7.11 Å². The number of allylic oxidation sites excluding steroid dienone is 4. The van der Waals surface area contributed by atoms with Crippen molar-refractivity contribution in [3.63, 3.8) is 0 Å². The number of carbonyl (C=O) groups is 2. The van der Waals surface area contributed by atoms with Crippen molar-refractivity contribution < 1.29 is 19.4 Å². The van der Waals surface area contributed by atoms with Gasteiger partial charge in [0.15, 0.2) is 0 Å². The van der Waals surface area contributed by atoms with E-state index in [0.717, 1.165) is 25.5 Å². The zero-order valence-corrected chi connectivity index (χ0v) is 11.0. The fourth-order valence-electron chi connectivity index (χ4n) is 1.78. The highest BCUT2D eigenvalue weighted by molar-refractivity contribution is 5.93. The summed E-state index contributed by atoms with van der Waals surface area (Å²) in [7, 11) is 1.15. The molecular weight excluding hydrogens is 244 g/mol. The molecule has 0 fully saturated rings. The molecule has 102 valence electrons. The smallest absolute Gasteiger partial charge is 0.314 e. The summed E-state index contributed by atoms with van der Waals surface area (Å²) in [5.74, 6) is 2.36. The lowest BCUT2D eigenvalue weighted by Gasteiger charge is -2.12. The molecule has 0 bridgehead atoms. The van der Waals surface area contributed by atoms with Crippen LogP contribution in [0.5, 0.6) is 0 Å². The molecule has 0 aromatic rings. The molecular formula is C15H17O4-. The summed E-state index contributed by atoms with van der Waals surface area (Å²) < 4.78 is 4.39. The summed E-state index contributed by atoms with van der Waals surface area (Å²) in [4.78, 5) is 21.9. The first-order valence-corrected chi connectivity index (χ1v) is 6.29. The molecule has 1 unspecified atom stereocenters. The highest BCUT2D eigenvalue weighted by Crippen LogP contribution is 2.16. The molecule has 1 aliphatic carbocycles. The van der Waals surface area contributed by atoms with Crippen LogP contribution in [0.1, 0.15) is 32.1 Å². The Morgan fingerprint density at radius 2 is 2.32 bits per heavy atom. The Hall–Kier alpha value is -2.02. The van der Waals surface area contributed by atoms with Gasteiger partial charge in [-0.1, -0.05) is 24.0 Å². The summed E-state index contributed by atoms with van der Waals surface area (Å²) >= 11 is 0. The predicted octanol–water partition coefficient (Wildman–Crippen LogP) is 0.976. The third-order valence-corrected chi connectivity index (χ3v) is 2.87. The topological polar surface area (TPSA) is 66.4 Å². The molecule has 0 aromatic heterocycles. The van der Waals surface area contributed by atoms with Gasteiger partial charge in [0.25, 0.3) is 0 Å². The molecule has 0 radical (unpaired) electrons. The number of methoxy groups -OCH3 is 1. The molecule has 0 aromatic carbocycles. The standard InChI is InChI=1S/C15H18O4/c1-19-15(18)13(14(16)17)11-7-3-6-10-12-8-4-2-5-9-12/h3,7-8,13H,2,4-5,9,11H2,1H3,(H,16,17)/p-1/b7-3+. The highest BCUT2D eigenvalue weighted by atomic mass is 16.5. The minimum absolute atomic E-state index is 0.0305. The van der Waals surface area contributed by atoms with Crippen molar-refractivity contribution >= 4 is 11.9 Å². The SMILES string of the molecule is COC(=O)C(C/C=C/C#CC1=CCCCC1)C(=O)[O-]. The Balaban J connectivity index is 2.48. The van der Waals surface area contributed by atoms with Crippen molar-refractivity contribution in [1.29, 1.82) is 0 Å². The first-order valence-electron chi connectivity index (χ1n) is 6.29. The summed E-state index contributed by atoms with van der Waals surface area (Å²) in [5.41, 5.74) is 1.13. The Morgan fingerprint density at radius 1 is 1.53 bits per heavy atom. The summed E-state index contributed by atoms with van der Waals surface area (Å²) in [6, 6.07) is 0. The van der Waals surface area contributed by atoms with Gasteiger partial charge in [0.1, 0.15) is 0 Å². The van der Waals surface area contributed by atoms with E-state index in [1.54, 1.807) is 12.2 Å². The van der Waals surface area contributed by atoms with E-state index in [0.29, 0.717) is 0 Å². The van der Waals surface area contributed by atoms with E-state index in [9.17, 15) is 14.7 Å². The number of ether oxygens (including phenoxy) is 1. The number of aliphatic carboxylic acids is 1. The van der Waals surface area contributed by atoms with Gasteiger partial charge in [-0.05, 0) is 43.8 Å². The summed E-state index contributed by atoms with van der Waals surface area (Å²) in [6.07, 6.45) is 9.73. The number of hydrogen-bond acceptors (Lipinski definition) is 4. The van der Waals surface area contributed by atoms with Crippen LogP contribution in [0.3, 0.4) is 0 Å². The number of carboxylic acids is 1. The fraction of sp³-hybridized carbons (Fsp3) is 0.467. The van der Waals surface area contributed by atoms with Gasteiger partial charge in [-0.3, -0.25) is 4.79 Å². The quantitative estimate of drug-likeness (QED) is 0.430. The first-order chi connectivity index (χ1) is 9.15. The van der Waals surface area contributed by atoms with Crippen LogP contribution in [-0.4, -0.2) is 19.0 Å². The molecule has 4 heteroatoms. The molecule has 0 saturated heterocycles. The molecule has 4 nitrogen and oxygen atoms in total. The van der Waals surface area contributed by atoms with Gasteiger partial charge < -0.3 is 14.6 Å². The minimum Gasteiger partial charge on any atom is -0.549 e. The first kappa shape index (κ1) is 15.0. The largest absolute Gasteiger partial charge is 0.549 e. The summed E-state index contributed by atoms with van der Waals surface area (Å²) in [6.45, 7) is 0. The molecule has 0 aliphatic heterocycles. The lowest BCUT2D eigenvalue weighted by Crippen LogP contribution is -2.36. The molecule has 1 rings (SSSR count). The lowest BCUT2D eigenvalue weighted by atomic mass is 10.0. The Morgan fingerprint density at radius 3 is 2.89 bits per heavy atom. The zero-order chi connectivity index (χ0) is 14.1. The maximum Gasteiger partial charge on any atom is 0.314 e. The molecule has 0 spiro atoms. The predicted molar refractivity (Wildman–Crippen MR) is 68.6 cm³/mol. The van der Waals surface area contributed by atoms with Gasteiger partial charge in [0.05, 0.1) is 19.0 Å². The van der Waals surface area contributed by atoms with Gasteiger partial charge in [-0.25, -0.2) is 0 Å². The molecule has 19 heavy (non-hydrogen) atoms. The molecule has 0 amide bonds. The third-order valence-electron chi connectivity index (χ3n) is 2.87. The minimum atomic E-state index is -1.43. The van der Waals surface area contributed by atoms with Gasteiger partial charge in [0.2, 0.25) is 0 Å². The van der Waals surface area contributed by atoms with E-state index in [4.69, 9.17) is 0 Å². The van der Waals surface area contributed by atoms with Crippen LogP contribution in [0.25, 0.3) is 0 Å². The highest BCUT2D eigenvalue weighted by Gasteiger charge is 2.18. The second kappa shape index (κ2) is 8.15. The molecule has 0 N–H and O–H groups in total. The van der Waals surface area contributed by atoms with Crippen LogP contribution in [0.2, 0.25) is 0 Å². The maximum absolute atomic E-state index is 11.1. The van der Waals surface area contributed by atoms with E-state index in [1.807, 2.05) is 0 Å². The second-order valence-electron chi connectivity index (χ2n) is 4.28. The average Bonchev–Trinajstić information content (AvgIpc) is 2.42.